The van der Waals surface area contributed by atoms with Gasteiger partial charge in [-0.3, -0.25) is 4.57 Å². The fourth-order valence-electron chi connectivity index (χ4n) is 2.39. The SMILES string of the molecule is CC(C)(C)OC(=O)N1CC(n2c(=O)[nH]c3cccnc32)C1. The van der Waals surface area contributed by atoms with Crippen LogP contribution in [0.4, 0.5) is 4.79 Å². The van der Waals surface area contributed by atoms with Crippen LogP contribution in [0.5, 0.6) is 0 Å². The number of amides is 1. The molecule has 1 saturated heterocycles. The van der Waals surface area contributed by atoms with Gasteiger partial charge in [0.2, 0.25) is 0 Å². The van der Waals surface area contributed by atoms with Crippen molar-refractivity contribution in [3.05, 3.63) is 28.8 Å². The highest BCUT2D eigenvalue weighted by molar-refractivity contribution is 5.71. The van der Waals surface area contributed by atoms with Gasteiger partial charge >= 0.3 is 11.8 Å². The zero-order valence-electron chi connectivity index (χ0n) is 12.3. The van der Waals surface area contributed by atoms with E-state index in [2.05, 4.69) is 9.97 Å². The van der Waals surface area contributed by atoms with Gasteiger partial charge in [-0.05, 0) is 32.9 Å². The Morgan fingerprint density at radius 3 is 2.81 bits per heavy atom. The van der Waals surface area contributed by atoms with Crippen LogP contribution < -0.4 is 5.69 Å². The van der Waals surface area contributed by atoms with Gasteiger partial charge in [0.25, 0.3) is 0 Å². The van der Waals surface area contributed by atoms with Crippen molar-refractivity contribution in [3.63, 3.8) is 0 Å². The molecule has 1 aliphatic heterocycles. The first-order valence-corrected chi connectivity index (χ1v) is 6.88. The lowest BCUT2D eigenvalue weighted by molar-refractivity contribution is 0.00110. The second kappa shape index (κ2) is 4.61. The number of aromatic amines is 1. The van der Waals surface area contributed by atoms with Crippen molar-refractivity contribution in [2.45, 2.75) is 32.4 Å². The second-order valence-electron chi connectivity index (χ2n) is 6.21. The molecule has 1 N–H and O–H groups in total. The van der Waals surface area contributed by atoms with Gasteiger partial charge in [0.05, 0.1) is 11.6 Å². The number of aromatic nitrogens is 3. The molecule has 7 heteroatoms. The van der Waals surface area contributed by atoms with Gasteiger partial charge in [0, 0.05) is 19.3 Å². The summed E-state index contributed by atoms with van der Waals surface area (Å²) in [6.45, 7) is 6.40. The maximum atomic E-state index is 12.0. The molecule has 0 radical (unpaired) electrons. The Hall–Kier alpha value is -2.31. The molecule has 0 bridgehead atoms. The van der Waals surface area contributed by atoms with Gasteiger partial charge < -0.3 is 14.6 Å². The van der Waals surface area contributed by atoms with E-state index in [1.807, 2.05) is 26.8 Å². The van der Waals surface area contributed by atoms with E-state index in [1.54, 1.807) is 21.7 Å². The summed E-state index contributed by atoms with van der Waals surface area (Å²) >= 11 is 0. The summed E-state index contributed by atoms with van der Waals surface area (Å²) in [7, 11) is 0. The number of fused-ring (bicyclic) bond motifs is 1. The number of imidazole rings is 1. The quantitative estimate of drug-likeness (QED) is 0.863. The lowest BCUT2D eigenvalue weighted by atomic mass is 10.1. The van der Waals surface area contributed by atoms with E-state index in [4.69, 9.17) is 4.74 Å². The molecule has 0 unspecified atom stereocenters. The summed E-state index contributed by atoms with van der Waals surface area (Å²) in [5.74, 6) is 0. The number of hydrogen-bond donors (Lipinski definition) is 1. The van der Waals surface area contributed by atoms with Gasteiger partial charge in [0.1, 0.15) is 5.60 Å². The van der Waals surface area contributed by atoms with Crippen LogP contribution in [0.2, 0.25) is 0 Å². The molecular formula is C14H18N4O3. The van der Waals surface area contributed by atoms with Crippen LogP contribution in [0.1, 0.15) is 26.8 Å². The minimum absolute atomic E-state index is 0.0614. The van der Waals surface area contributed by atoms with Gasteiger partial charge in [-0.15, -0.1) is 0 Å². The lowest BCUT2D eigenvalue weighted by Gasteiger charge is -2.39. The van der Waals surface area contributed by atoms with Crippen molar-refractivity contribution in [2.24, 2.45) is 0 Å². The average Bonchev–Trinajstić information content (AvgIpc) is 2.62. The van der Waals surface area contributed by atoms with E-state index >= 15 is 0 Å². The molecule has 21 heavy (non-hydrogen) atoms. The van der Waals surface area contributed by atoms with Gasteiger partial charge in [-0.2, -0.15) is 0 Å². The number of pyridine rings is 1. The number of H-pyrrole nitrogens is 1. The Morgan fingerprint density at radius 2 is 2.14 bits per heavy atom. The first-order valence-electron chi connectivity index (χ1n) is 6.88. The topological polar surface area (TPSA) is 80.2 Å². The fourth-order valence-corrected chi connectivity index (χ4v) is 2.39. The van der Waals surface area contributed by atoms with E-state index in [-0.39, 0.29) is 17.8 Å². The summed E-state index contributed by atoms with van der Waals surface area (Å²) in [5.41, 5.74) is 0.619. The highest BCUT2D eigenvalue weighted by Crippen LogP contribution is 2.24. The molecule has 3 rings (SSSR count). The maximum Gasteiger partial charge on any atom is 0.410 e. The number of nitrogens with zero attached hydrogens (tertiary/aromatic N) is 3. The Balaban J connectivity index is 1.75. The van der Waals surface area contributed by atoms with Crippen molar-refractivity contribution < 1.29 is 9.53 Å². The standard InChI is InChI=1S/C14H18N4O3/c1-14(2,3)21-13(20)17-7-9(8-17)18-11-10(16-12(18)19)5-4-6-15-11/h4-6,9H,7-8H2,1-3H3,(H,16,19). The Labute approximate surface area is 121 Å². The monoisotopic (exact) mass is 290 g/mol. The molecular weight excluding hydrogens is 272 g/mol. The molecule has 1 fully saturated rings. The second-order valence-corrected chi connectivity index (χ2v) is 6.21. The third-order valence-electron chi connectivity index (χ3n) is 3.35. The highest BCUT2D eigenvalue weighted by Gasteiger charge is 2.36. The minimum Gasteiger partial charge on any atom is -0.444 e. The van der Waals surface area contributed by atoms with Gasteiger partial charge in [-0.1, -0.05) is 0 Å². The van der Waals surface area contributed by atoms with Crippen LogP contribution in [0, 0.1) is 0 Å². The summed E-state index contributed by atoms with van der Waals surface area (Å²) in [6, 6.07) is 3.52. The molecule has 0 saturated carbocycles. The van der Waals surface area contributed by atoms with E-state index in [0.29, 0.717) is 24.3 Å². The van der Waals surface area contributed by atoms with Crippen molar-refractivity contribution >= 4 is 17.3 Å². The van der Waals surface area contributed by atoms with Crippen LogP contribution in [0.15, 0.2) is 23.1 Å². The Kier molecular flexibility index (Phi) is 3.00. The van der Waals surface area contributed by atoms with Crippen molar-refractivity contribution in [2.75, 3.05) is 13.1 Å². The number of carbonyl (C=O) groups is 1. The van der Waals surface area contributed by atoms with Crippen molar-refractivity contribution in [3.8, 4) is 0 Å². The molecule has 2 aromatic rings. The average molecular weight is 290 g/mol. The zero-order chi connectivity index (χ0) is 15.2. The molecule has 1 aliphatic rings. The molecule has 112 valence electrons. The smallest absolute Gasteiger partial charge is 0.410 e. The molecule has 0 aliphatic carbocycles. The van der Waals surface area contributed by atoms with E-state index < -0.39 is 5.60 Å². The van der Waals surface area contributed by atoms with Gasteiger partial charge in [-0.25, -0.2) is 14.6 Å². The Bertz CT molecular complexity index is 734. The molecule has 0 aromatic carbocycles. The third-order valence-corrected chi connectivity index (χ3v) is 3.35. The van der Waals surface area contributed by atoms with Crippen LogP contribution in [0.25, 0.3) is 11.2 Å². The fraction of sp³-hybridized carbons (Fsp3) is 0.500. The highest BCUT2D eigenvalue weighted by atomic mass is 16.6. The molecule has 1 amide bonds. The number of hydrogen-bond acceptors (Lipinski definition) is 4. The van der Waals surface area contributed by atoms with Crippen LogP contribution >= 0.6 is 0 Å². The first kappa shape index (κ1) is 13.7. The van der Waals surface area contributed by atoms with Crippen LogP contribution in [-0.4, -0.2) is 44.2 Å². The van der Waals surface area contributed by atoms with Gasteiger partial charge in [0.15, 0.2) is 5.65 Å². The largest absolute Gasteiger partial charge is 0.444 e. The number of ether oxygens (including phenoxy) is 1. The van der Waals surface area contributed by atoms with E-state index in [0.717, 1.165) is 0 Å². The maximum absolute atomic E-state index is 12.0. The summed E-state index contributed by atoms with van der Waals surface area (Å²) in [4.78, 5) is 32.5. The van der Waals surface area contributed by atoms with Crippen molar-refractivity contribution in [1.82, 2.24) is 19.4 Å². The van der Waals surface area contributed by atoms with E-state index in [9.17, 15) is 9.59 Å². The Morgan fingerprint density at radius 1 is 1.43 bits per heavy atom. The lowest BCUT2D eigenvalue weighted by Crippen LogP contribution is -2.53. The summed E-state index contributed by atoms with van der Waals surface area (Å²) in [5, 5.41) is 0. The molecule has 7 nitrogen and oxygen atoms in total. The summed E-state index contributed by atoms with van der Waals surface area (Å²) < 4.78 is 6.91. The minimum atomic E-state index is -0.513. The number of nitrogens with one attached hydrogen (secondary N) is 1. The molecule has 3 heterocycles. The summed E-state index contributed by atoms with van der Waals surface area (Å²) in [6.07, 6.45) is 1.30. The van der Waals surface area contributed by atoms with Crippen molar-refractivity contribution in [1.29, 1.82) is 0 Å². The van der Waals surface area contributed by atoms with Crippen LogP contribution in [-0.2, 0) is 4.74 Å². The number of likely N-dealkylation sites (tertiary alicyclic amines) is 1. The number of carbonyl (C=O) groups excluding carboxylic acids is 1. The molecule has 0 spiro atoms. The molecule has 0 atom stereocenters. The van der Waals surface area contributed by atoms with Crippen LogP contribution in [0.3, 0.4) is 0 Å². The molecule has 2 aromatic heterocycles. The zero-order valence-corrected chi connectivity index (χ0v) is 12.3. The predicted molar refractivity (Wildman–Crippen MR) is 77.2 cm³/mol. The first-order chi connectivity index (χ1) is 9.85. The van der Waals surface area contributed by atoms with E-state index in [1.165, 1.54) is 0 Å². The third kappa shape index (κ3) is 2.51. The predicted octanol–water partition coefficient (Wildman–Crippen LogP) is 1.52. The number of rotatable bonds is 1. The normalized spacial score (nSPS) is 16.0.